The number of likely N-dealkylation sites (N-methyl/N-ethyl adjacent to an activating group) is 1. The molecule has 34 heavy (non-hydrogen) atoms. The minimum absolute atomic E-state index is 0.144. The molecule has 176 valence electrons. The highest BCUT2D eigenvalue weighted by Crippen LogP contribution is 2.36. The maximum Gasteiger partial charge on any atom is 0.202 e. The number of likely N-dealkylation sites (tertiary alicyclic amines) is 1. The zero-order valence-electron chi connectivity index (χ0n) is 18.3. The summed E-state index contributed by atoms with van der Waals surface area (Å²) in [7, 11) is 1.78. The molecule has 2 aliphatic rings. The summed E-state index contributed by atoms with van der Waals surface area (Å²) in [5.41, 5.74) is 0.357. The second-order valence-corrected chi connectivity index (χ2v) is 8.18. The van der Waals surface area contributed by atoms with Gasteiger partial charge in [-0.25, -0.2) is 26.9 Å². The van der Waals surface area contributed by atoms with Gasteiger partial charge in [-0.1, -0.05) is 12.5 Å². The second kappa shape index (κ2) is 9.29. The van der Waals surface area contributed by atoms with E-state index in [1.807, 2.05) is 11.0 Å². The lowest BCUT2D eigenvalue weighted by molar-refractivity contribution is 0.261. The largest absolute Gasteiger partial charge is 0.342 e. The zero-order chi connectivity index (χ0) is 24.6. The number of piperidine rings is 1. The van der Waals surface area contributed by atoms with Crippen molar-refractivity contribution < 1.29 is 22.0 Å². The fraction of sp³-hybridized carbons (Fsp3) is 0.280. The summed E-state index contributed by atoms with van der Waals surface area (Å²) < 4.78 is 69.8. The molecule has 1 aromatic carbocycles. The number of nitrogens with zero attached hydrogens (tertiary/aromatic N) is 4. The predicted octanol–water partition coefficient (Wildman–Crippen LogP) is 4.85. The zero-order valence-corrected chi connectivity index (χ0v) is 18.3. The van der Waals surface area contributed by atoms with Gasteiger partial charge in [0, 0.05) is 44.0 Å². The molecule has 1 aromatic heterocycles. The lowest BCUT2D eigenvalue weighted by Crippen LogP contribution is -2.51. The molecular formula is C25H21F5N4. The number of benzene rings is 1. The minimum Gasteiger partial charge on any atom is -0.342 e. The van der Waals surface area contributed by atoms with E-state index in [0.717, 1.165) is 5.56 Å². The Morgan fingerprint density at radius 1 is 1.06 bits per heavy atom. The molecule has 4 rings (SSSR count). The summed E-state index contributed by atoms with van der Waals surface area (Å²) in [5, 5.41) is 0. The molecule has 9 heteroatoms. The number of pyridine rings is 1. The summed E-state index contributed by atoms with van der Waals surface area (Å²) in [5.74, 6) is -7.21. The summed E-state index contributed by atoms with van der Waals surface area (Å²) in [6, 6.07) is 3.21. The van der Waals surface area contributed by atoms with Crippen molar-refractivity contribution in [2.75, 3.05) is 20.1 Å². The molecule has 2 atom stereocenters. The van der Waals surface area contributed by atoms with Gasteiger partial charge < -0.3 is 9.80 Å². The highest BCUT2D eigenvalue weighted by Gasteiger charge is 2.34. The van der Waals surface area contributed by atoms with Crippen LogP contribution >= 0.6 is 0 Å². The first kappa shape index (κ1) is 23.5. The second-order valence-electron chi connectivity index (χ2n) is 8.18. The average molecular weight is 472 g/mol. The van der Waals surface area contributed by atoms with E-state index in [-0.39, 0.29) is 12.1 Å². The molecule has 4 nitrogen and oxygen atoms in total. The van der Waals surface area contributed by atoms with Crippen molar-refractivity contribution in [1.82, 2.24) is 14.8 Å². The summed E-state index contributed by atoms with van der Waals surface area (Å²) >= 11 is 0. The maximum atomic E-state index is 14.4. The van der Waals surface area contributed by atoms with Crippen molar-refractivity contribution in [2.24, 2.45) is 10.9 Å². The number of hydrogen-bond donors (Lipinski definition) is 0. The highest BCUT2D eigenvalue weighted by molar-refractivity contribution is 5.90. The number of aromatic nitrogens is 1. The Bertz CT molecular complexity index is 1200. The molecule has 0 bridgehead atoms. The number of guanidine groups is 1. The molecule has 0 aliphatic carbocycles. The molecule has 0 saturated carbocycles. The molecule has 0 radical (unpaired) electrons. The molecule has 3 heterocycles. The monoisotopic (exact) mass is 472 g/mol. The van der Waals surface area contributed by atoms with Crippen molar-refractivity contribution in [2.45, 2.75) is 18.9 Å². The van der Waals surface area contributed by atoms with Gasteiger partial charge in [-0.05, 0) is 36.6 Å². The SMILES string of the molecule is C#CC1C=C(c2ccncc2)N=C(N2CCCC(C(=C)c3c(F)c(F)c(F)c(F)c3F)C2)N1C. The van der Waals surface area contributed by atoms with Crippen LogP contribution in [0.15, 0.2) is 42.2 Å². The van der Waals surface area contributed by atoms with Crippen LogP contribution in [-0.4, -0.2) is 46.9 Å². The molecule has 2 aliphatic heterocycles. The van der Waals surface area contributed by atoms with Crippen LogP contribution in [0.3, 0.4) is 0 Å². The van der Waals surface area contributed by atoms with Crippen molar-refractivity contribution in [1.29, 1.82) is 0 Å². The van der Waals surface area contributed by atoms with Crippen LogP contribution in [-0.2, 0) is 0 Å². The molecule has 0 amide bonds. The highest BCUT2D eigenvalue weighted by atomic mass is 19.2. The van der Waals surface area contributed by atoms with E-state index >= 15 is 0 Å². The molecule has 1 saturated heterocycles. The number of rotatable bonds is 3. The van der Waals surface area contributed by atoms with Crippen molar-refractivity contribution in [3.8, 4) is 12.3 Å². The van der Waals surface area contributed by atoms with E-state index in [2.05, 4.69) is 17.5 Å². The van der Waals surface area contributed by atoms with Crippen LogP contribution in [0.4, 0.5) is 22.0 Å². The van der Waals surface area contributed by atoms with Gasteiger partial charge in [0.2, 0.25) is 11.8 Å². The minimum atomic E-state index is -2.19. The third-order valence-corrected chi connectivity index (χ3v) is 6.14. The van der Waals surface area contributed by atoms with E-state index in [9.17, 15) is 22.0 Å². The Balaban J connectivity index is 1.66. The fourth-order valence-electron chi connectivity index (χ4n) is 4.28. The smallest absolute Gasteiger partial charge is 0.202 e. The van der Waals surface area contributed by atoms with Crippen molar-refractivity contribution in [3.05, 3.63) is 77.4 Å². The molecule has 0 N–H and O–H groups in total. The standard InChI is InChI=1S/C25H21F5N4/c1-4-17-12-18(15-7-9-31-10-8-15)32-25(33(17)3)34-11-5-6-16(13-34)14(2)19-20(26)22(28)24(30)23(29)21(19)27/h1,7-10,12,16-17H,2,5-6,11,13H2,3H3. The molecule has 0 spiro atoms. The number of terminal acetylenes is 1. The van der Waals surface area contributed by atoms with Gasteiger partial charge in [-0.3, -0.25) is 4.98 Å². The third-order valence-electron chi connectivity index (χ3n) is 6.14. The van der Waals surface area contributed by atoms with Crippen LogP contribution < -0.4 is 0 Å². The predicted molar refractivity (Wildman–Crippen MR) is 120 cm³/mol. The van der Waals surface area contributed by atoms with Gasteiger partial charge in [-0.15, -0.1) is 6.42 Å². The van der Waals surface area contributed by atoms with E-state index in [0.29, 0.717) is 31.0 Å². The first-order chi connectivity index (χ1) is 16.2. The number of aliphatic imine (C=N–C) groups is 1. The molecule has 1 fully saturated rings. The molecular weight excluding hydrogens is 451 g/mol. The van der Waals surface area contributed by atoms with Gasteiger partial charge in [0.15, 0.2) is 23.3 Å². The first-order valence-electron chi connectivity index (χ1n) is 10.6. The maximum absolute atomic E-state index is 14.4. The Hall–Kier alpha value is -3.67. The topological polar surface area (TPSA) is 31.7 Å². The summed E-state index contributed by atoms with van der Waals surface area (Å²) in [6.07, 6.45) is 11.9. The Kier molecular flexibility index (Phi) is 6.42. The third kappa shape index (κ3) is 4.04. The Morgan fingerprint density at radius 2 is 1.68 bits per heavy atom. The van der Waals surface area contributed by atoms with E-state index in [4.69, 9.17) is 11.4 Å². The number of halogens is 5. The van der Waals surface area contributed by atoms with Crippen molar-refractivity contribution in [3.63, 3.8) is 0 Å². The van der Waals surface area contributed by atoms with Gasteiger partial charge in [0.05, 0.1) is 11.3 Å². The molecule has 2 aromatic rings. The average Bonchev–Trinajstić information content (AvgIpc) is 2.87. The number of hydrogen-bond acceptors (Lipinski definition) is 4. The van der Waals surface area contributed by atoms with E-state index < -0.39 is 46.6 Å². The van der Waals surface area contributed by atoms with Crippen LogP contribution in [0.5, 0.6) is 0 Å². The van der Waals surface area contributed by atoms with E-state index in [1.54, 1.807) is 36.5 Å². The quantitative estimate of drug-likeness (QED) is 0.277. The normalized spacial score (nSPS) is 20.5. The lowest BCUT2D eigenvalue weighted by Gasteiger charge is -2.41. The van der Waals surface area contributed by atoms with Gasteiger partial charge in [0.1, 0.15) is 6.04 Å². The van der Waals surface area contributed by atoms with Gasteiger partial charge in [-0.2, -0.15) is 0 Å². The summed E-state index contributed by atoms with van der Waals surface area (Å²) in [4.78, 5) is 12.5. The first-order valence-corrected chi connectivity index (χ1v) is 10.6. The Morgan fingerprint density at radius 3 is 2.29 bits per heavy atom. The van der Waals surface area contributed by atoms with Crippen LogP contribution in [0.2, 0.25) is 0 Å². The fourth-order valence-corrected chi connectivity index (χ4v) is 4.28. The van der Waals surface area contributed by atoms with Crippen LogP contribution in [0.25, 0.3) is 11.3 Å². The Labute approximate surface area is 194 Å². The van der Waals surface area contributed by atoms with Crippen LogP contribution in [0.1, 0.15) is 24.0 Å². The molecule has 2 unspecified atom stereocenters. The lowest BCUT2D eigenvalue weighted by atomic mass is 9.86. The van der Waals surface area contributed by atoms with Crippen LogP contribution in [0, 0.1) is 47.3 Å². The summed E-state index contributed by atoms with van der Waals surface area (Å²) in [6.45, 7) is 4.51. The van der Waals surface area contributed by atoms with Gasteiger partial charge >= 0.3 is 0 Å². The van der Waals surface area contributed by atoms with Gasteiger partial charge in [0.25, 0.3) is 0 Å². The van der Waals surface area contributed by atoms with Crippen molar-refractivity contribution >= 4 is 17.2 Å². The van der Waals surface area contributed by atoms with E-state index in [1.165, 1.54) is 0 Å².